The Labute approximate surface area is 86.5 Å². The van der Waals surface area contributed by atoms with Gasteiger partial charge in [0.15, 0.2) is 9.84 Å². The van der Waals surface area contributed by atoms with Crippen molar-refractivity contribution < 1.29 is 8.42 Å². The molecule has 0 aliphatic carbocycles. The average Bonchev–Trinajstić information content (AvgIpc) is 2.39. The summed E-state index contributed by atoms with van der Waals surface area (Å²) in [6.07, 6.45) is 3.73. The van der Waals surface area contributed by atoms with Gasteiger partial charge in [-0.25, -0.2) is 8.42 Å². The van der Waals surface area contributed by atoms with E-state index in [1.54, 1.807) is 0 Å². The standard InChI is InChI=1S/C10H19NO2S/c1-9(2)5-6-11-8-10-4-3-7-14(10,12)13/h5,10-11H,3-4,6-8H2,1-2H3. The van der Waals surface area contributed by atoms with Gasteiger partial charge in [0, 0.05) is 13.1 Å². The first-order valence-electron chi connectivity index (χ1n) is 5.08. The van der Waals surface area contributed by atoms with Gasteiger partial charge < -0.3 is 5.32 Å². The minimum absolute atomic E-state index is 0.145. The molecule has 0 saturated carbocycles. The Morgan fingerprint density at radius 3 is 2.71 bits per heavy atom. The van der Waals surface area contributed by atoms with E-state index in [1.165, 1.54) is 5.57 Å². The monoisotopic (exact) mass is 217 g/mol. The lowest BCUT2D eigenvalue weighted by molar-refractivity contribution is 0.580. The topological polar surface area (TPSA) is 46.2 Å². The molecule has 1 fully saturated rings. The molecule has 1 atom stereocenters. The van der Waals surface area contributed by atoms with E-state index in [1.807, 2.05) is 13.8 Å². The highest BCUT2D eigenvalue weighted by atomic mass is 32.2. The molecule has 1 saturated heterocycles. The van der Waals surface area contributed by atoms with Crippen molar-refractivity contribution in [2.75, 3.05) is 18.8 Å². The first kappa shape index (κ1) is 11.7. The Morgan fingerprint density at radius 2 is 2.21 bits per heavy atom. The predicted octanol–water partition coefficient (Wildman–Crippen LogP) is 1.12. The second-order valence-corrected chi connectivity index (χ2v) is 6.47. The normalized spacial score (nSPS) is 24.9. The van der Waals surface area contributed by atoms with Crippen LogP contribution in [0, 0.1) is 0 Å². The van der Waals surface area contributed by atoms with Gasteiger partial charge in [-0.2, -0.15) is 0 Å². The Bertz CT molecular complexity index is 302. The third kappa shape index (κ3) is 3.42. The van der Waals surface area contributed by atoms with Crippen LogP contribution >= 0.6 is 0 Å². The maximum Gasteiger partial charge on any atom is 0.154 e. The molecule has 4 heteroatoms. The summed E-state index contributed by atoms with van der Waals surface area (Å²) in [5, 5.41) is 3.01. The van der Waals surface area contributed by atoms with Crippen LogP contribution in [0.5, 0.6) is 0 Å². The summed E-state index contributed by atoms with van der Waals surface area (Å²) in [6, 6.07) is 0. The Balaban J connectivity index is 2.29. The van der Waals surface area contributed by atoms with Crippen LogP contribution in [0.3, 0.4) is 0 Å². The van der Waals surface area contributed by atoms with Gasteiger partial charge in [0.25, 0.3) is 0 Å². The van der Waals surface area contributed by atoms with Crippen molar-refractivity contribution in [1.82, 2.24) is 5.32 Å². The van der Waals surface area contributed by atoms with Crippen LogP contribution in [0.25, 0.3) is 0 Å². The molecular formula is C10H19NO2S. The zero-order valence-electron chi connectivity index (χ0n) is 8.91. The Hall–Kier alpha value is -0.350. The van der Waals surface area contributed by atoms with Gasteiger partial charge in [-0.1, -0.05) is 11.6 Å². The number of hydrogen-bond acceptors (Lipinski definition) is 3. The highest BCUT2D eigenvalue weighted by molar-refractivity contribution is 7.92. The lowest BCUT2D eigenvalue weighted by Crippen LogP contribution is -2.30. The van der Waals surface area contributed by atoms with Gasteiger partial charge in [0.05, 0.1) is 11.0 Å². The van der Waals surface area contributed by atoms with Crippen LogP contribution in [0.1, 0.15) is 26.7 Å². The summed E-state index contributed by atoms with van der Waals surface area (Å²) in [4.78, 5) is 0. The minimum atomic E-state index is -2.77. The molecular weight excluding hydrogens is 198 g/mol. The molecule has 82 valence electrons. The summed E-state index contributed by atoms with van der Waals surface area (Å²) in [7, 11) is -2.77. The molecule has 1 heterocycles. The smallest absolute Gasteiger partial charge is 0.154 e. The van der Waals surface area contributed by atoms with Gasteiger partial charge in [-0.05, 0) is 26.7 Å². The van der Waals surface area contributed by atoms with Gasteiger partial charge in [0.2, 0.25) is 0 Å². The molecule has 0 amide bonds. The molecule has 1 N–H and O–H groups in total. The third-order valence-electron chi connectivity index (χ3n) is 2.49. The fraction of sp³-hybridized carbons (Fsp3) is 0.800. The summed E-state index contributed by atoms with van der Waals surface area (Å²) < 4.78 is 22.9. The van der Waals surface area contributed by atoms with Crippen molar-refractivity contribution in [3.05, 3.63) is 11.6 Å². The van der Waals surface area contributed by atoms with Crippen LogP contribution in [0.2, 0.25) is 0 Å². The quantitative estimate of drug-likeness (QED) is 0.567. The molecule has 0 spiro atoms. The van der Waals surface area contributed by atoms with Gasteiger partial charge in [-0.3, -0.25) is 0 Å². The van der Waals surface area contributed by atoms with E-state index in [9.17, 15) is 8.42 Å². The second kappa shape index (κ2) is 4.94. The van der Waals surface area contributed by atoms with Crippen LogP contribution < -0.4 is 5.32 Å². The highest BCUT2D eigenvalue weighted by Crippen LogP contribution is 2.18. The summed E-state index contributed by atoms with van der Waals surface area (Å²) in [5.41, 5.74) is 1.26. The predicted molar refractivity (Wildman–Crippen MR) is 59.1 cm³/mol. The molecule has 1 aliphatic rings. The second-order valence-electron chi connectivity index (χ2n) is 4.07. The molecule has 0 aromatic heterocycles. The number of rotatable bonds is 4. The molecule has 3 nitrogen and oxygen atoms in total. The highest BCUT2D eigenvalue weighted by Gasteiger charge is 2.30. The minimum Gasteiger partial charge on any atom is -0.312 e. The van der Waals surface area contributed by atoms with Gasteiger partial charge >= 0.3 is 0 Å². The van der Waals surface area contributed by atoms with Gasteiger partial charge in [-0.15, -0.1) is 0 Å². The van der Waals surface area contributed by atoms with Gasteiger partial charge in [0.1, 0.15) is 0 Å². The third-order valence-corrected chi connectivity index (χ3v) is 4.77. The number of sulfone groups is 1. The summed E-state index contributed by atoms with van der Waals surface area (Å²) in [6.45, 7) is 5.45. The lowest BCUT2D eigenvalue weighted by atomic mass is 10.2. The van der Waals surface area contributed by atoms with Crippen molar-refractivity contribution in [1.29, 1.82) is 0 Å². The number of hydrogen-bond donors (Lipinski definition) is 1. The maximum absolute atomic E-state index is 11.4. The molecule has 14 heavy (non-hydrogen) atoms. The van der Waals surface area contributed by atoms with Crippen molar-refractivity contribution in [2.24, 2.45) is 0 Å². The average molecular weight is 217 g/mol. The van der Waals surface area contributed by atoms with E-state index in [0.29, 0.717) is 12.3 Å². The first-order valence-corrected chi connectivity index (χ1v) is 6.79. The van der Waals surface area contributed by atoms with Crippen LogP contribution in [-0.4, -0.2) is 32.5 Å². The summed E-state index contributed by atoms with van der Waals surface area (Å²) >= 11 is 0. The van der Waals surface area contributed by atoms with E-state index in [2.05, 4.69) is 11.4 Å². The Kier molecular flexibility index (Phi) is 4.13. The fourth-order valence-electron chi connectivity index (χ4n) is 1.61. The number of allylic oxidation sites excluding steroid dienone is 1. The van der Waals surface area contributed by atoms with Crippen molar-refractivity contribution >= 4 is 9.84 Å². The van der Waals surface area contributed by atoms with E-state index in [4.69, 9.17) is 0 Å². The van der Waals surface area contributed by atoms with E-state index >= 15 is 0 Å². The zero-order chi connectivity index (χ0) is 10.6. The van der Waals surface area contributed by atoms with Crippen molar-refractivity contribution in [3.63, 3.8) is 0 Å². The maximum atomic E-state index is 11.4. The SMILES string of the molecule is CC(C)=CCNCC1CCCS1(=O)=O. The van der Waals surface area contributed by atoms with Crippen molar-refractivity contribution in [3.8, 4) is 0 Å². The van der Waals surface area contributed by atoms with E-state index < -0.39 is 9.84 Å². The molecule has 0 bridgehead atoms. The van der Waals surface area contributed by atoms with Crippen molar-refractivity contribution in [2.45, 2.75) is 31.9 Å². The molecule has 1 unspecified atom stereocenters. The van der Waals surface area contributed by atoms with Crippen LogP contribution in [-0.2, 0) is 9.84 Å². The molecule has 0 radical (unpaired) electrons. The van der Waals surface area contributed by atoms with Crippen LogP contribution in [0.15, 0.2) is 11.6 Å². The summed E-state index contributed by atoms with van der Waals surface area (Å²) in [5.74, 6) is 0.377. The molecule has 1 rings (SSSR count). The Morgan fingerprint density at radius 1 is 1.50 bits per heavy atom. The van der Waals surface area contributed by atoms with E-state index in [0.717, 1.165) is 19.4 Å². The number of nitrogens with one attached hydrogen (secondary N) is 1. The largest absolute Gasteiger partial charge is 0.312 e. The van der Waals surface area contributed by atoms with E-state index in [-0.39, 0.29) is 5.25 Å². The molecule has 0 aromatic rings. The first-order chi connectivity index (χ1) is 6.52. The van der Waals surface area contributed by atoms with Crippen LogP contribution in [0.4, 0.5) is 0 Å². The zero-order valence-corrected chi connectivity index (χ0v) is 9.73. The molecule has 0 aromatic carbocycles. The lowest BCUT2D eigenvalue weighted by Gasteiger charge is -2.09. The molecule has 1 aliphatic heterocycles. The fourth-order valence-corrected chi connectivity index (χ4v) is 3.41.